The van der Waals surface area contributed by atoms with Gasteiger partial charge in [0, 0.05) is 0 Å². The molecule has 0 unspecified atom stereocenters. The highest BCUT2D eigenvalue weighted by molar-refractivity contribution is 5.91. The van der Waals surface area contributed by atoms with E-state index in [2.05, 4.69) is 13.2 Å². The summed E-state index contributed by atoms with van der Waals surface area (Å²) in [7, 11) is 1.58. The highest BCUT2D eigenvalue weighted by Gasteiger charge is 2.08. The van der Waals surface area contributed by atoms with E-state index in [1.165, 1.54) is 0 Å². The lowest BCUT2D eigenvalue weighted by Crippen LogP contribution is -2.08. The summed E-state index contributed by atoms with van der Waals surface area (Å²) in [6.07, 6.45) is 0.953. The Morgan fingerprint density at radius 1 is 0.913 bits per heavy atom. The van der Waals surface area contributed by atoms with Crippen molar-refractivity contribution in [1.29, 1.82) is 0 Å². The van der Waals surface area contributed by atoms with Crippen molar-refractivity contribution in [2.24, 2.45) is 0 Å². The predicted octanol–water partition coefficient (Wildman–Crippen LogP) is 4.51. The summed E-state index contributed by atoms with van der Waals surface area (Å²) >= 11 is 0. The summed E-state index contributed by atoms with van der Waals surface area (Å²) in [5.41, 5.74) is 0.474. The van der Waals surface area contributed by atoms with Crippen molar-refractivity contribution in [3.63, 3.8) is 0 Å². The fourth-order valence-electron chi connectivity index (χ4n) is 1.72. The standard InChI is InChI=1S/C17H18O4.C2H4/c1-3-12-20-15-8-10-16(11-9-15)21-17(18)13-4-6-14(19-2)7-5-13;1-2/h4-11H,3,12H2,1-2H3;1-2H2. The lowest BCUT2D eigenvalue weighted by Gasteiger charge is -2.07. The van der Waals surface area contributed by atoms with Crippen LogP contribution in [-0.2, 0) is 0 Å². The van der Waals surface area contributed by atoms with Gasteiger partial charge in [0.1, 0.15) is 17.2 Å². The molecule has 0 aromatic heterocycles. The van der Waals surface area contributed by atoms with Gasteiger partial charge in [-0.25, -0.2) is 4.79 Å². The molecule has 0 atom stereocenters. The van der Waals surface area contributed by atoms with Crippen LogP contribution in [0.4, 0.5) is 0 Å². The Hall–Kier alpha value is -2.75. The zero-order chi connectivity index (χ0) is 17.1. The van der Waals surface area contributed by atoms with Crippen LogP contribution in [0.3, 0.4) is 0 Å². The minimum Gasteiger partial charge on any atom is -0.497 e. The fourth-order valence-corrected chi connectivity index (χ4v) is 1.72. The molecule has 0 amide bonds. The Morgan fingerprint density at radius 2 is 1.43 bits per heavy atom. The van der Waals surface area contributed by atoms with Crippen LogP contribution in [0.25, 0.3) is 0 Å². The number of methoxy groups -OCH3 is 1. The Labute approximate surface area is 137 Å². The Morgan fingerprint density at radius 3 is 1.96 bits per heavy atom. The molecule has 0 N–H and O–H groups in total. The topological polar surface area (TPSA) is 44.8 Å². The molecule has 4 heteroatoms. The molecule has 0 radical (unpaired) electrons. The molecular weight excluding hydrogens is 292 g/mol. The Bertz CT molecular complexity index is 588. The average molecular weight is 314 g/mol. The van der Waals surface area contributed by atoms with Gasteiger partial charge in [-0.1, -0.05) is 6.92 Å². The van der Waals surface area contributed by atoms with Gasteiger partial charge in [-0.15, -0.1) is 13.2 Å². The molecule has 0 heterocycles. The number of benzene rings is 2. The summed E-state index contributed by atoms with van der Waals surface area (Å²) in [4.78, 5) is 12.0. The molecule has 0 spiro atoms. The van der Waals surface area contributed by atoms with Gasteiger partial charge in [0.25, 0.3) is 0 Å². The number of hydrogen-bond donors (Lipinski definition) is 0. The van der Waals surface area contributed by atoms with Crippen molar-refractivity contribution < 1.29 is 19.0 Å². The molecule has 2 aromatic rings. The van der Waals surface area contributed by atoms with Crippen LogP contribution in [0.15, 0.2) is 61.7 Å². The maximum absolute atomic E-state index is 12.0. The van der Waals surface area contributed by atoms with Crippen molar-refractivity contribution in [3.8, 4) is 17.2 Å². The summed E-state index contributed by atoms with van der Waals surface area (Å²) in [5, 5.41) is 0. The van der Waals surface area contributed by atoms with Crippen LogP contribution in [0, 0.1) is 0 Å². The molecular formula is C19H22O4. The SMILES string of the molecule is C=C.CCCOc1ccc(OC(=O)c2ccc(OC)cc2)cc1. The largest absolute Gasteiger partial charge is 0.497 e. The van der Waals surface area contributed by atoms with Gasteiger partial charge in [0.15, 0.2) is 0 Å². The third-order valence-electron chi connectivity index (χ3n) is 2.83. The van der Waals surface area contributed by atoms with Gasteiger partial charge in [0.05, 0.1) is 19.3 Å². The van der Waals surface area contributed by atoms with Gasteiger partial charge in [0.2, 0.25) is 0 Å². The van der Waals surface area contributed by atoms with Crippen molar-refractivity contribution in [3.05, 3.63) is 67.3 Å². The van der Waals surface area contributed by atoms with E-state index < -0.39 is 5.97 Å². The number of carbonyl (C=O) groups excluding carboxylic acids is 1. The van der Waals surface area contributed by atoms with Gasteiger partial charge in [-0.05, 0) is 55.0 Å². The zero-order valence-electron chi connectivity index (χ0n) is 13.6. The molecule has 0 saturated carbocycles. The first kappa shape index (κ1) is 18.3. The minimum atomic E-state index is -0.403. The molecule has 23 heavy (non-hydrogen) atoms. The van der Waals surface area contributed by atoms with Gasteiger partial charge in [-0.2, -0.15) is 0 Å². The van der Waals surface area contributed by atoms with E-state index in [0.29, 0.717) is 23.7 Å². The highest BCUT2D eigenvalue weighted by atomic mass is 16.5. The van der Waals surface area contributed by atoms with Crippen LogP contribution in [0.2, 0.25) is 0 Å². The number of ether oxygens (including phenoxy) is 3. The lowest BCUT2D eigenvalue weighted by atomic mass is 10.2. The minimum absolute atomic E-state index is 0.403. The van der Waals surface area contributed by atoms with E-state index in [4.69, 9.17) is 14.2 Å². The maximum atomic E-state index is 12.0. The van der Waals surface area contributed by atoms with Crippen molar-refractivity contribution >= 4 is 5.97 Å². The second-order valence-electron chi connectivity index (χ2n) is 4.44. The van der Waals surface area contributed by atoms with E-state index >= 15 is 0 Å². The van der Waals surface area contributed by atoms with Crippen molar-refractivity contribution in [2.45, 2.75) is 13.3 Å². The third-order valence-corrected chi connectivity index (χ3v) is 2.83. The molecule has 0 saturated heterocycles. The quantitative estimate of drug-likeness (QED) is 0.447. The summed E-state index contributed by atoms with van der Waals surface area (Å²) in [5.74, 6) is 1.55. The summed E-state index contributed by atoms with van der Waals surface area (Å²) in [6.45, 7) is 8.72. The second kappa shape index (κ2) is 10.1. The van der Waals surface area contributed by atoms with Crippen LogP contribution < -0.4 is 14.2 Å². The molecule has 0 fully saturated rings. The normalized spacial score (nSPS) is 9.30. The third kappa shape index (κ3) is 5.87. The fraction of sp³-hybridized carbons (Fsp3) is 0.211. The average Bonchev–Trinajstić information content (AvgIpc) is 2.63. The molecule has 4 nitrogen and oxygen atoms in total. The first-order valence-corrected chi connectivity index (χ1v) is 7.32. The Kier molecular flexibility index (Phi) is 8.00. The Balaban J connectivity index is 0.00000127. The maximum Gasteiger partial charge on any atom is 0.343 e. The molecule has 0 aliphatic heterocycles. The van der Waals surface area contributed by atoms with Crippen LogP contribution >= 0.6 is 0 Å². The van der Waals surface area contributed by atoms with Gasteiger partial charge in [-0.3, -0.25) is 0 Å². The number of hydrogen-bond acceptors (Lipinski definition) is 4. The summed E-state index contributed by atoms with van der Waals surface area (Å²) in [6, 6.07) is 13.8. The molecule has 122 valence electrons. The monoisotopic (exact) mass is 314 g/mol. The molecule has 2 aromatic carbocycles. The van der Waals surface area contributed by atoms with Crippen molar-refractivity contribution in [2.75, 3.05) is 13.7 Å². The zero-order valence-corrected chi connectivity index (χ0v) is 13.6. The van der Waals surface area contributed by atoms with Crippen LogP contribution in [-0.4, -0.2) is 19.7 Å². The second-order valence-corrected chi connectivity index (χ2v) is 4.44. The number of carbonyl (C=O) groups is 1. The number of esters is 1. The smallest absolute Gasteiger partial charge is 0.343 e. The number of rotatable bonds is 6. The van der Waals surface area contributed by atoms with E-state index in [1.807, 2.05) is 6.92 Å². The van der Waals surface area contributed by atoms with Gasteiger partial charge >= 0.3 is 5.97 Å². The highest BCUT2D eigenvalue weighted by Crippen LogP contribution is 2.19. The lowest BCUT2D eigenvalue weighted by molar-refractivity contribution is 0.0734. The van der Waals surface area contributed by atoms with Crippen LogP contribution in [0.1, 0.15) is 23.7 Å². The molecule has 0 bridgehead atoms. The van der Waals surface area contributed by atoms with Gasteiger partial charge < -0.3 is 14.2 Å². The first-order valence-electron chi connectivity index (χ1n) is 7.32. The van der Waals surface area contributed by atoms with E-state index in [9.17, 15) is 4.79 Å². The molecule has 0 aliphatic rings. The van der Waals surface area contributed by atoms with E-state index in [-0.39, 0.29) is 0 Å². The summed E-state index contributed by atoms with van der Waals surface area (Å²) < 4.78 is 15.8. The van der Waals surface area contributed by atoms with E-state index in [0.717, 1.165) is 12.2 Å². The van der Waals surface area contributed by atoms with Crippen LogP contribution in [0.5, 0.6) is 17.2 Å². The predicted molar refractivity (Wildman–Crippen MR) is 91.4 cm³/mol. The van der Waals surface area contributed by atoms with Crippen molar-refractivity contribution in [1.82, 2.24) is 0 Å². The first-order chi connectivity index (χ1) is 11.2. The van der Waals surface area contributed by atoms with E-state index in [1.54, 1.807) is 55.6 Å². The molecule has 2 rings (SSSR count). The molecule has 0 aliphatic carbocycles.